The Morgan fingerprint density at radius 1 is 1.31 bits per heavy atom. The molecule has 1 aliphatic rings. The molecule has 3 amide bonds. The van der Waals surface area contributed by atoms with Crippen LogP contribution in [0.25, 0.3) is 0 Å². The van der Waals surface area contributed by atoms with Crippen LogP contribution in [0.3, 0.4) is 0 Å². The van der Waals surface area contributed by atoms with E-state index in [0.29, 0.717) is 10.6 Å². The molecule has 2 heterocycles. The van der Waals surface area contributed by atoms with Gasteiger partial charge >= 0.3 is 12.2 Å². The van der Waals surface area contributed by atoms with E-state index in [1.54, 1.807) is 24.3 Å². The maximum absolute atomic E-state index is 12.8. The summed E-state index contributed by atoms with van der Waals surface area (Å²) in [5, 5.41) is 7.89. The maximum Gasteiger partial charge on any atom is 0.449 e. The summed E-state index contributed by atoms with van der Waals surface area (Å²) in [5.41, 5.74) is 0.463. The Balaban J connectivity index is 1.89. The quantitative estimate of drug-likeness (QED) is 0.645. The van der Waals surface area contributed by atoms with Gasteiger partial charge in [-0.25, -0.2) is 9.78 Å². The number of urea groups is 1. The van der Waals surface area contributed by atoms with Crippen LogP contribution in [0.5, 0.6) is 0 Å². The van der Waals surface area contributed by atoms with Crippen LogP contribution in [0.15, 0.2) is 30.5 Å². The molecule has 0 bridgehead atoms. The lowest BCUT2D eigenvalue weighted by Crippen LogP contribution is -2.44. The fraction of sp³-hybridized carbons (Fsp3) is 0.267. The number of nitrogens with zero attached hydrogens (tertiary/aromatic N) is 1. The number of hydrogen-bond donors (Lipinski definition) is 4. The SMILES string of the molecule is O=C1NC[C@@H](C(=O)N[C@H](c2ccc(Cl)cc2)c2c[nH]c(C(F)(F)F)n2)N1. The molecule has 11 heteroatoms. The number of aromatic amines is 1. The molecule has 0 unspecified atom stereocenters. The lowest BCUT2D eigenvalue weighted by atomic mass is 10.0. The van der Waals surface area contributed by atoms with Crippen molar-refractivity contribution in [3.05, 3.63) is 52.6 Å². The Kier molecular flexibility index (Phi) is 4.77. The fourth-order valence-corrected chi connectivity index (χ4v) is 2.59. The zero-order valence-corrected chi connectivity index (χ0v) is 13.8. The van der Waals surface area contributed by atoms with Crippen LogP contribution in [0.2, 0.25) is 5.02 Å². The van der Waals surface area contributed by atoms with Crippen molar-refractivity contribution < 1.29 is 22.8 Å². The first-order chi connectivity index (χ1) is 12.2. The molecule has 138 valence electrons. The molecule has 1 fully saturated rings. The summed E-state index contributed by atoms with van der Waals surface area (Å²) >= 11 is 5.84. The van der Waals surface area contributed by atoms with Gasteiger partial charge in [0.25, 0.3) is 0 Å². The highest BCUT2D eigenvalue weighted by Gasteiger charge is 2.36. The van der Waals surface area contributed by atoms with Crippen LogP contribution >= 0.6 is 11.6 Å². The first-order valence-corrected chi connectivity index (χ1v) is 7.84. The summed E-state index contributed by atoms with van der Waals surface area (Å²) in [5.74, 6) is -1.73. The lowest BCUT2D eigenvalue weighted by molar-refractivity contribution is -0.144. The number of imidazole rings is 1. The predicted octanol–water partition coefficient (Wildman–Crippen LogP) is 1.97. The van der Waals surface area contributed by atoms with Gasteiger partial charge < -0.3 is 20.9 Å². The van der Waals surface area contributed by atoms with E-state index in [9.17, 15) is 22.8 Å². The normalized spacial score (nSPS) is 18.2. The van der Waals surface area contributed by atoms with Gasteiger partial charge in [-0.2, -0.15) is 13.2 Å². The molecule has 2 atom stereocenters. The van der Waals surface area contributed by atoms with Crippen molar-refractivity contribution >= 4 is 23.5 Å². The van der Waals surface area contributed by atoms with E-state index in [1.165, 1.54) is 0 Å². The van der Waals surface area contributed by atoms with E-state index in [4.69, 9.17) is 11.6 Å². The summed E-state index contributed by atoms with van der Waals surface area (Å²) < 4.78 is 38.5. The highest BCUT2D eigenvalue weighted by Crippen LogP contribution is 2.29. The summed E-state index contributed by atoms with van der Waals surface area (Å²) in [6.45, 7) is 0.0758. The highest BCUT2D eigenvalue weighted by molar-refractivity contribution is 6.30. The number of aromatic nitrogens is 2. The van der Waals surface area contributed by atoms with Gasteiger partial charge in [0.2, 0.25) is 11.7 Å². The first kappa shape index (κ1) is 18.1. The molecule has 0 radical (unpaired) electrons. The summed E-state index contributed by atoms with van der Waals surface area (Å²) in [6, 6.07) is 3.95. The Bertz CT molecular complexity index is 821. The van der Waals surface area contributed by atoms with Gasteiger partial charge in [0.15, 0.2) is 0 Å². The van der Waals surface area contributed by atoms with E-state index >= 15 is 0 Å². The largest absolute Gasteiger partial charge is 0.449 e. The third kappa shape index (κ3) is 3.90. The van der Waals surface area contributed by atoms with Gasteiger partial charge in [-0.15, -0.1) is 0 Å². The van der Waals surface area contributed by atoms with E-state index in [0.717, 1.165) is 6.20 Å². The van der Waals surface area contributed by atoms with Crippen molar-refractivity contribution in [2.24, 2.45) is 0 Å². The highest BCUT2D eigenvalue weighted by atomic mass is 35.5. The van der Waals surface area contributed by atoms with Crippen molar-refractivity contribution in [2.75, 3.05) is 6.54 Å². The summed E-state index contributed by atoms with van der Waals surface area (Å²) in [4.78, 5) is 29.1. The van der Waals surface area contributed by atoms with Crippen molar-refractivity contribution in [1.82, 2.24) is 25.9 Å². The number of H-pyrrole nitrogens is 1. The smallest absolute Gasteiger partial charge is 0.342 e. The van der Waals surface area contributed by atoms with Crippen molar-refractivity contribution in [2.45, 2.75) is 18.3 Å². The number of halogens is 4. The molecule has 0 aliphatic carbocycles. The number of hydrogen-bond acceptors (Lipinski definition) is 3. The van der Waals surface area contributed by atoms with Gasteiger partial charge in [-0.05, 0) is 17.7 Å². The van der Waals surface area contributed by atoms with Crippen molar-refractivity contribution in [1.29, 1.82) is 0 Å². The van der Waals surface area contributed by atoms with Gasteiger partial charge in [0.05, 0.1) is 11.7 Å². The van der Waals surface area contributed by atoms with Gasteiger partial charge in [0.1, 0.15) is 6.04 Å². The standard InChI is InChI=1S/C15H13ClF3N5O2/c16-8-3-1-7(2-4-8)11(9-5-20-13(22-9)15(17,18)19)24-12(25)10-6-21-14(26)23-10/h1-5,10-11H,6H2,(H,20,22)(H,24,25)(H2,21,23,26)/t10-,11+/m0/s1. The van der Waals surface area contributed by atoms with Gasteiger partial charge in [0, 0.05) is 17.8 Å². The van der Waals surface area contributed by atoms with E-state index in [-0.39, 0.29) is 12.2 Å². The zero-order chi connectivity index (χ0) is 18.9. The molecule has 0 saturated carbocycles. The Hall–Kier alpha value is -2.75. The number of amides is 3. The molecule has 4 N–H and O–H groups in total. The minimum absolute atomic E-state index is 0.0229. The first-order valence-electron chi connectivity index (χ1n) is 7.47. The Labute approximate surface area is 150 Å². The lowest BCUT2D eigenvalue weighted by Gasteiger charge is -2.19. The van der Waals surface area contributed by atoms with Gasteiger partial charge in [-0.1, -0.05) is 23.7 Å². The zero-order valence-electron chi connectivity index (χ0n) is 13.0. The van der Waals surface area contributed by atoms with Gasteiger partial charge in [-0.3, -0.25) is 4.79 Å². The van der Waals surface area contributed by atoms with Crippen molar-refractivity contribution in [3.63, 3.8) is 0 Å². The molecule has 26 heavy (non-hydrogen) atoms. The molecule has 7 nitrogen and oxygen atoms in total. The molecule has 1 saturated heterocycles. The molecule has 0 spiro atoms. The topological polar surface area (TPSA) is 98.9 Å². The van der Waals surface area contributed by atoms with Crippen LogP contribution in [-0.4, -0.2) is 34.5 Å². The third-order valence-electron chi connectivity index (χ3n) is 3.74. The molecule has 1 aromatic carbocycles. The van der Waals surface area contributed by atoms with Crippen molar-refractivity contribution in [3.8, 4) is 0 Å². The molecular weight excluding hydrogens is 375 g/mol. The number of rotatable bonds is 4. The van der Waals surface area contributed by atoms with Crippen LogP contribution in [-0.2, 0) is 11.0 Å². The Morgan fingerprint density at radius 2 is 2.00 bits per heavy atom. The molecule has 1 aromatic heterocycles. The monoisotopic (exact) mass is 387 g/mol. The number of alkyl halides is 3. The average Bonchev–Trinajstić information content (AvgIpc) is 3.22. The predicted molar refractivity (Wildman–Crippen MR) is 85.3 cm³/mol. The minimum atomic E-state index is -4.64. The number of carbonyl (C=O) groups excluding carboxylic acids is 2. The van der Waals surface area contributed by atoms with Crippen LogP contribution in [0.4, 0.5) is 18.0 Å². The minimum Gasteiger partial charge on any atom is -0.342 e. The fourth-order valence-electron chi connectivity index (χ4n) is 2.47. The molecule has 1 aliphatic heterocycles. The molecule has 3 rings (SSSR count). The second-order valence-electron chi connectivity index (χ2n) is 5.57. The third-order valence-corrected chi connectivity index (χ3v) is 3.99. The number of benzene rings is 1. The summed E-state index contributed by atoms with van der Waals surface area (Å²) in [7, 11) is 0. The van der Waals surface area contributed by atoms with E-state index in [1.807, 2.05) is 0 Å². The van der Waals surface area contributed by atoms with Crippen LogP contribution in [0, 0.1) is 0 Å². The molecule has 2 aromatic rings. The average molecular weight is 388 g/mol. The number of nitrogens with one attached hydrogen (secondary N) is 4. The second kappa shape index (κ2) is 6.87. The van der Waals surface area contributed by atoms with E-state index in [2.05, 4.69) is 25.9 Å². The van der Waals surface area contributed by atoms with Crippen LogP contribution in [0.1, 0.15) is 23.1 Å². The van der Waals surface area contributed by atoms with Crippen LogP contribution < -0.4 is 16.0 Å². The Morgan fingerprint density at radius 3 is 2.54 bits per heavy atom. The number of carbonyl (C=O) groups is 2. The maximum atomic E-state index is 12.8. The second-order valence-corrected chi connectivity index (χ2v) is 6.01. The van der Waals surface area contributed by atoms with E-state index < -0.39 is 36.0 Å². The summed E-state index contributed by atoms with van der Waals surface area (Å²) in [6.07, 6.45) is -3.57. The molecular formula is C15H13ClF3N5O2.